The fourth-order valence-corrected chi connectivity index (χ4v) is 7.04. The fraction of sp³-hybridized carbons (Fsp3) is 0.407. The fourth-order valence-electron chi connectivity index (χ4n) is 5.14. The maximum Gasteiger partial charge on any atom is 0.255 e. The van der Waals surface area contributed by atoms with Crippen molar-refractivity contribution >= 4 is 49.8 Å². The number of amides is 2. The maximum absolute atomic E-state index is 13.2. The van der Waals surface area contributed by atoms with Crippen LogP contribution in [0.3, 0.4) is 0 Å². The van der Waals surface area contributed by atoms with Gasteiger partial charge in [0.05, 0.1) is 27.6 Å². The zero-order chi connectivity index (χ0) is 27.3. The van der Waals surface area contributed by atoms with Crippen LogP contribution < -0.4 is 15.5 Å². The molecule has 2 fully saturated rings. The molecule has 0 unspecified atom stereocenters. The number of nitrogens with zero attached hydrogens (tertiary/aromatic N) is 4. The predicted molar refractivity (Wildman–Crippen MR) is 150 cm³/mol. The number of pyridine rings is 1. The number of sulfone groups is 1. The number of aryl methyl sites for hydroxylation is 1. The van der Waals surface area contributed by atoms with Crippen molar-refractivity contribution in [1.82, 2.24) is 20.2 Å². The Labute approximate surface area is 231 Å². The highest BCUT2D eigenvalue weighted by Gasteiger charge is 2.35. The summed E-state index contributed by atoms with van der Waals surface area (Å²) < 4.78 is 25.6. The second kappa shape index (κ2) is 10.00. The van der Waals surface area contributed by atoms with Crippen molar-refractivity contribution in [2.45, 2.75) is 37.6 Å². The molecule has 2 N–H and O–H groups in total. The molecule has 1 aromatic carbocycles. The maximum atomic E-state index is 13.2. The summed E-state index contributed by atoms with van der Waals surface area (Å²) in [4.78, 5) is 39.1. The van der Waals surface area contributed by atoms with Crippen molar-refractivity contribution < 1.29 is 18.0 Å². The molecule has 39 heavy (non-hydrogen) atoms. The van der Waals surface area contributed by atoms with Crippen molar-refractivity contribution in [2.75, 3.05) is 42.7 Å². The minimum Gasteiger partial charge on any atom is -0.334 e. The molecule has 1 saturated heterocycles. The number of rotatable bonds is 8. The van der Waals surface area contributed by atoms with E-state index in [1.165, 1.54) is 24.2 Å². The molecular weight excluding hydrogens is 536 g/mol. The molecule has 3 aliphatic rings. The molecular formula is C27H30N6O4S2. The molecule has 0 spiro atoms. The second-order valence-corrected chi connectivity index (χ2v) is 13.4. The van der Waals surface area contributed by atoms with Crippen molar-refractivity contribution in [3.63, 3.8) is 0 Å². The van der Waals surface area contributed by atoms with Crippen LogP contribution in [-0.4, -0.2) is 67.5 Å². The summed E-state index contributed by atoms with van der Waals surface area (Å²) in [5.41, 5.74) is 2.51. The number of fused-ring (bicyclic) bond motifs is 1. The smallest absolute Gasteiger partial charge is 0.255 e. The van der Waals surface area contributed by atoms with Gasteiger partial charge in [-0.15, -0.1) is 0 Å². The van der Waals surface area contributed by atoms with E-state index in [9.17, 15) is 18.0 Å². The Bertz CT molecular complexity index is 1580. The zero-order valence-corrected chi connectivity index (χ0v) is 23.5. The van der Waals surface area contributed by atoms with Gasteiger partial charge in [0.15, 0.2) is 15.0 Å². The molecule has 2 aliphatic heterocycles. The third-order valence-corrected chi connectivity index (χ3v) is 9.59. The molecule has 2 aromatic heterocycles. The summed E-state index contributed by atoms with van der Waals surface area (Å²) in [6.45, 7) is 4.49. The molecule has 2 amide bonds. The monoisotopic (exact) mass is 566 g/mol. The second-order valence-electron chi connectivity index (χ2n) is 10.4. The van der Waals surface area contributed by atoms with E-state index in [1.54, 1.807) is 21.9 Å². The summed E-state index contributed by atoms with van der Waals surface area (Å²) in [5.74, 6) is 1.59. The predicted octanol–water partition coefficient (Wildman–Crippen LogP) is 3.35. The van der Waals surface area contributed by atoms with Crippen LogP contribution in [0, 0.1) is 12.8 Å². The van der Waals surface area contributed by atoms with E-state index in [4.69, 9.17) is 0 Å². The number of hydrogen-bond donors (Lipinski definition) is 2. The lowest BCUT2D eigenvalue weighted by atomic mass is 10.0. The van der Waals surface area contributed by atoms with Crippen LogP contribution in [0.4, 0.5) is 16.8 Å². The Hall–Kier alpha value is -3.35. The first-order chi connectivity index (χ1) is 18.7. The molecule has 0 atom stereocenters. The Morgan fingerprint density at radius 2 is 2.00 bits per heavy atom. The topological polar surface area (TPSA) is 125 Å². The molecule has 12 heteroatoms. The lowest BCUT2D eigenvalue weighted by Gasteiger charge is -2.26. The van der Waals surface area contributed by atoms with E-state index in [-0.39, 0.29) is 23.3 Å². The van der Waals surface area contributed by atoms with Crippen molar-refractivity contribution in [2.24, 2.45) is 5.92 Å². The van der Waals surface area contributed by atoms with Crippen LogP contribution in [0.15, 0.2) is 35.2 Å². The van der Waals surface area contributed by atoms with Crippen molar-refractivity contribution in [3.8, 4) is 10.4 Å². The van der Waals surface area contributed by atoms with E-state index >= 15 is 0 Å². The van der Waals surface area contributed by atoms with Crippen LogP contribution in [0.5, 0.6) is 0 Å². The quantitative estimate of drug-likeness (QED) is 0.425. The first-order valence-corrected chi connectivity index (χ1v) is 15.8. The minimum atomic E-state index is -3.63. The molecule has 1 aliphatic carbocycles. The number of aromatic nitrogens is 2. The number of carbonyl (C=O) groups excluding carboxylic acids is 2. The van der Waals surface area contributed by atoms with E-state index in [0.717, 1.165) is 34.4 Å². The van der Waals surface area contributed by atoms with E-state index in [1.807, 2.05) is 25.1 Å². The standard InChI is InChI=1S/C27H30N6O4S2/c1-16-25(38-27(29-16)31-21-4-3-5-22(30-21)33-11-9-28-14-23(33)34)18-12-19-15-32(10-8-17-6-7-17)26(35)24(19)20(13-18)39(2,36)37/h3-5,12-13,17,28H,6-11,14-15H2,1-2H3,(H,29,30,31). The van der Waals surface area contributed by atoms with Gasteiger partial charge in [-0.25, -0.2) is 18.4 Å². The van der Waals surface area contributed by atoms with Gasteiger partial charge in [0.25, 0.3) is 5.91 Å². The van der Waals surface area contributed by atoms with Gasteiger partial charge >= 0.3 is 0 Å². The van der Waals surface area contributed by atoms with Crippen LogP contribution in [0.2, 0.25) is 0 Å². The number of nitrogens with one attached hydrogen (secondary N) is 2. The number of piperazine rings is 1. The van der Waals surface area contributed by atoms with E-state index < -0.39 is 9.84 Å². The van der Waals surface area contributed by atoms with Gasteiger partial charge in [0.2, 0.25) is 5.91 Å². The summed E-state index contributed by atoms with van der Waals surface area (Å²) in [7, 11) is -3.63. The molecule has 6 rings (SSSR count). The summed E-state index contributed by atoms with van der Waals surface area (Å²) >= 11 is 1.39. The van der Waals surface area contributed by atoms with Gasteiger partial charge in [-0.2, -0.15) is 0 Å². The molecule has 1 saturated carbocycles. The molecule has 3 aromatic rings. The Balaban J connectivity index is 1.29. The Morgan fingerprint density at radius 3 is 2.74 bits per heavy atom. The Morgan fingerprint density at radius 1 is 1.18 bits per heavy atom. The highest BCUT2D eigenvalue weighted by molar-refractivity contribution is 7.90. The third-order valence-electron chi connectivity index (χ3n) is 7.34. The normalized spacial score (nSPS) is 17.6. The van der Waals surface area contributed by atoms with Crippen LogP contribution in [-0.2, 0) is 21.2 Å². The lowest BCUT2D eigenvalue weighted by Crippen LogP contribution is -2.48. The van der Waals surface area contributed by atoms with Crippen LogP contribution >= 0.6 is 11.3 Å². The Kier molecular flexibility index (Phi) is 6.64. The average molecular weight is 567 g/mol. The van der Waals surface area contributed by atoms with Gasteiger partial charge in [-0.05, 0) is 54.7 Å². The number of anilines is 3. The number of carbonyl (C=O) groups is 2. The van der Waals surface area contributed by atoms with Gasteiger partial charge < -0.3 is 15.5 Å². The van der Waals surface area contributed by atoms with Crippen molar-refractivity contribution in [1.29, 1.82) is 0 Å². The van der Waals surface area contributed by atoms with E-state index in [0.29, 0.717) is 54.4 Å². The molecule has 0 bridgehead atoms. The van der Waals surface area contributed by atoms with Crippen molar-refractivity contribution in [3.05, 3.63) is 47.2 Å². The van der Waals surface area contributed by atoms with Gasteiger partial charge in [0, 0.05) is 32.4 Å². The number of hydrogen-bond acceptors (Lipinski definition) is 9. The van der Waals surface area contributed by atoms with Gasteiger partial charge in [-0.1, -0.05) is 30.2 Å². The third kappa shape index (κ3) is 5.28. The summed E-state index contributed by atoms with van der Waals surface area (Å²) in [6, 6.07) is 8.99. The van der Waals surface area contributed by atoms with Crippen LogP contribution in [0.25, 0.3) is 10.4 Å². The first kappa shape index (κ1) is 25.9. The van der Waals surface area contributed by atoms with E-state index in [2.05, 4.69) is 20.6 Å². The van der Waals surface area contributed by atoms with Crippen LogP contribution in [0.1, 0.15) is 40.9 Å². The van der Waals surface area contributed by atoms with Gasteiger partial charge in [0.1, 0.15) is 11.6 Å². The molecule has 204 valence electrons. The molecule has 10 nitrogen and oxygen atoms in total. The largest absolute Gasteiger partial charge is 0.334 e. The molecule has 0 radical (unpaired) electrons. The first-order valence-electron chi connectivity index (χ1n) is 13.1. The SMILES string of the molecule is Cc1nc(Nc2cccc(N3CCNCC3=O)n2)sc1-c1cc2c(c(S(C)(=O)=O)c1)C(=O)N(CCC1CC1)C2. The minimum absolute atomic E-state index is 0.0267. The molecule has 4 heterocycles. The average Bonchev–Trinajstić information content (AvgIpc) is 3.58. The van der Waals surface area contributed by atoms with Gasteiger partial charge in [-0.3, -0.25) is 14.5 Å². The summed E-state index contributed by atoms with van der Waals surface area (Å²) in [5, 5.41) is 6.89. The summed E-state index contributed by atoms with van der Waals surface area (Å²) in [6.07, 6.45) is 4.54. The highest BCUT2D eigenvalue weighted by atomic mass is 32.2. The lowest BCUT2D eigenvalue weighted by molar-refractivity contribution is -0.118. The number of benzene rings is 1. The highest BCUT2D eigenvalue weighted by Crippen LogP contribution is 2.40. The number of thiazole rings is 1. The zero-order valence-electron chi connectivity index (χ0n) is 21.9.